The number of nitrogens with one attached hydrogen (secondary N) is 1. The maximum Gasteiger partial charge on any atom is 0.340 e. The summed E-state index contributed by atoms with van der Waals surface area (Å²) in [7, 11) is 0. The summed E-state index contributed by atoms with van der Waals surface area (Å²) in [6.45, 7) is -0.406. The van der Waals surface area contributed by atoms with Crippen molar-refractivity contribution in [2.75, 3.05) is 17.7 Å². The van der Waals surface area contributed by atoms with E-state index in [1.165, 1.54) is 18.2 Å². The number of hydrogen-bond donors (Lipinski definition) is 2. The number of amides is 1. The molecule has 132 valence electrons. The van der Waals surface area contributed by atoms with Gasteiger partial charge in [0.05, 0.1) is 17.8 Å². The monoisotopic (exact) mass is 362 g/mol. The quantitative estimate of drug-likeness (QED) is 0.629. The Morgan fingerprint density at radius 1 is 1.32 bits per heavy atom. The predicted octanol–water partition coefficient (Wildman–Crippen LogP) is 3.03. The minimum absolute atomic E-state index is 0.174. The van der Waals surface area contributed by atoms with Crippen molar-refractivity contribution in [3.05, 3.63) is 41.0 Å². The first-order valence-electron chi connectivity index (χ1n) is 8.10. The lowest BCUT2D eigenvalue weighted by molar-refractivity contribution is -0.119. The van der Waals surface area contributed by atoms with E-state index < -0.39 is 18.5 Å². The Kier molecular flexibility index (Phi) is 5.23. The van der Waals surface area contributed by atoms with Crippen LogP contribution in [0.1, 0.15) is 42.1 Å². The summed E-state index contributed by atoms with van der Waals surface area (Å²) in [6, 6.07) is 6.50. The van der Waals surface area contributed by atoms with Crippen molar-refractivity contribution in [3.8, 4) is 0 Å². The Bertz CT molecular complexity index is 784. The van der Waals surface area contributed by atoms with Crippen molar-refractivity contribution < 1.29 is 14.3 Å². The van der Waals surface area contributed by atoms with Crippen molar-refractivity contribution in [3.63, 3.8) is 0 Å². The predicted molar refractivity (Wildman–Crippen MR) is 94.5 cm³/mol. The summed E-state index contributed by atoms with van der Waals surface area (Å²) >= 11 is 5.79. The second-order valence-electron chi connectivity index (χ2n) is 5.96. The van der Waals surface area contributed by atoms with E-state index in [0.717, 1.165) is 25.7 Å². The van der Waals surface area contributed by atoms with E-state index in [0.29, 0.717) is 16.9 Å². The third-order valence-corrected chi connectivity index (χ3v) is 4.41. The number of aromatic nitrogens is 2. The van der Waals surface area contributed by atoms with E-state index >= 15 is 0 Å². The first kappa shape index (κ1) is 17.3. The Balaban J connectivity index is 1.56. The van der Waals surface area contributed by atoms with Gasteiger partial charge in [-0.25, -0.2) is 9.48 Å². The molecule has 1 aromatic heterocycles. The number of nitrogens with zero attached hydrogens (tertiary/aromatic N) is 2. The van der Waals surface area contributed by atoms with Crippen molar-refractivity contribution in [2.24, 2.45) is 0 Å². The van der Waals surface area contributed by atoms with Gasteiger partial charge in [0, 0.05) is 16.8 Å². The number of nitrogen functional groups attached to an aromatic ring is 1. The molecular weight excluding hydrogens is 344 g/mol. The van der Waals surface area contributed by atoms with Crippen LogP contribution in [0.5, 0.6) is 0 Å². The fourth-order valence-corrected chi connectivity index (χ4v) is 3.14. The third kappa shape index (κ3) is 4.11. The van der Waals surface area contributed by atoms with Gasteiger partial charge in [-0.05, 0) is 31.0 Å². The molecule has 0 atom stereocenters. The highest BCUT2D eigenvalue weighted by molar-refractivity contribution is 6.31. The number of halogens is 1. The summed E-state index contributed by atoms with van der Waals surface area (Å²) in [5.74, 6) is -0.492. The largest absolute Gasteiger partial charge is 0.452 e. The SMILES string of the molecule is Nc1cc(Cl)ccc1C(=O)OCC(=O)Nc1ccnn1C1CCCC1. The molecule has 1 fully saturated rings. The Morgan fingerprint density at radius 2 is 2.08 bits per heavy atom. The lowest BCUT2D eigenvalue weighted by Crippen LogP contribution is -2.23. The van der Waals surface area contributed by atoms with Crippen LogP contribution in [-0.4, -0.2) is 28.3 Å². The molecule has 1 aromatic carbocycles. The minimum Gasteiger partial charge on any atom is -0.452 e. The van der Waals surface area contributed by atoms with Crippen LogP contribution in [0.25, 0.3) is 0 Å². The Morgan fingerprint density at radius 3 is 2.80 bits per heavy atom. The standard InChI is InChI=1S/C17H19ClN4O3/c18-11-5-6-13(14(19)9-11)17(24)25-10-16(23)21-15-7-8-20-22(15)12-3-1-2-4-12/h5-9,12H,1-4,10,19H2,(H,21,23). The second-order valence-corrected chi connectivity index (χ2v) is 6.39. The highest BCUT2D eigenvalue weighted by Gasteiger charge is 2.21. The molecule has 3 N–H and O–H groups in total. The molecule has 0 unspecified atom stereocenters. The molecule has 1 amide bonds. The van der Waals surface area contributed by atoms with Crippen LogP contribution in [0.2, 0.25) is 5.02 Å². The van der Waals surface area contributed by atoms with Crippen molar-refractivity contribution in [1.29, 1.82) is 0 Å². The summed E-state index contributed by atoms with van der Waals surface area (Å²) in [6.07, 6.45) is 6.08. The molecule has 0 spiro atoms. The van der Waals surface area contributed by atoms with Gasteiger partial charge in [-0.1, -0.05) is 24.4 Å². The first-order valence-corrected chi connectivity index (χ1v) is 8.48. The summed E-state index contributed by atoms with van der Waals surface area (Å²) in [5, 5.41) is 7.43. The molecule has 3 rings (SSSR count). The Labute approximate surface area is 150 Å². The lowest BCUT2D eigenvalue weighted by atomic mass is 10.2. The maximum atomic E-state index is 12.1. The smallest absolute Gasteiger partial charge is 0.340 e. The molecule has 1 heterocycles. The number of nitrogens with two attached hydrogens (primary N) is 1. The number of hydrogen-bond acceptors (Lipinski definition) is 5. The fourth-order valence-electron chi connectivity index (χ4n) is 2.96. The maximum absolute atomic E-state index is 12.1. The summed E-state index contributed by atoms with van der Waals surface area (Å²) in [5.41, 5.74) is 6.11. The number of benzene rings is 1. The zero-order valence-electron chi connectivity index (χ0n) is 13.6. The molecule has 1 aliphatic rings. The van der Waals surface area contributed by atoms with Gasteiger partial charge in [-0.3, -0.25) is 4.79 Å². The van der Waals surface area contributed by atoms with E-state index in [9.17, 15) is 9.59 Å². The minimum atomic E-state index is -0.673. The fraction of sp³-hybridized carbons (Fsp3) is 0.353. The Hall–Kier alpha value is -2.54. The summed E-state index contributed by atoms with van der Waals surface area (Å²) in [4.78, 5) is 24.1. The van der Waals surface area contributed by atoms with E-state index in [4.69, 9.17) is 22.1 Å². The third-order valence-electron chi connectivity index (χ3n) is 4.18. The number of anilines is 2. The van der Waals surface area contributed by atoms with E-state index in [1.807, 2.05) is 4.68 Å². The highest BCUT2D eigenvalue weighted by Crippen LogP contribution is 2.31. The van der Waals surface area contributed by atoms with Crippen LogP contribution in [0, 0.1) is 0 Å². The number of carbonyl (C=O) groups excluding carboxylic acids is 2. The molecule has 2 aromatic rings. The second kappa shape index (κ2) is 7.57. The highest BCUT2D eigenvalue weighted by atomic mass is 35.5. The van der Waals surface area contributed by atoms with Crippen molar-refractivity contribution >= 4 is 35.0 Å². The molecule has 25 heavy (non-hydrogen) atoms. The number of carbonyl (C=O) groups is 2. The van der Waals surface area contributed by atoms with Crippen LogP contribution in [0.4, 0.5) is 11.5 Å². The van der Waals surface area contributed by atoms with Crippen LogP contribution >= 0.6 is 11.6 Å². The van der Waals surface area contributed by atoms with E-state index in [-0.39, 0.29) is 11.3 Å². The first-order chi connectivity index (χ1) is 12.0. The van der Waals surface area contributed by atoms with Crippen LogP contribution in [-0.2, 0) is 9.53 Å². The average Bonchev–Trinajstić information content (AvgIpc) is 3.23. The zero-order valence-corrected chi connectivity index (χ0v) is 14.3. The molecule has 8 heteroatoms. The number of esters is 1. The molecular formula is C17H19ClN4O3. The van der Waals surface area contributed by atoms with Gasteiger partial charge in [0.25, 0.3) is 5.91 Å². The van der Waals surface area contributed by atoms with E-state index in [2.05, 4.69) is 10.4 Å². The lowest BCUT2D eigenvalue weighted by Gasteiger charge is -2.14. The number of rotatable bonds is 5. The summed E-state index contributed by atoms with van der Waals surface area (Å²) < 4.78 is 6.84. The molecule has 0 saturated heterocycles. The van der Waals surface area contributed by atoms with Crippen molar-refractivity contribution in [1.82, 2.24) is 9.78 Å². The van der Waals surface area contributed by atoms with Gasteiger partial charge < -0.3 is 15.8 Å². The van der Waals surface area contributed by atoms with Crippen LogP contribution < -0.4 is 11.1 Å². The average molecular weight is 363 g/mol. The van der Waals surface area contributed by atoms with Gasteiger partial charge in [0.15, 0.2) is 6.61 Å². The van der Waals surface area contributed by atoms with Gasteiger partial charge in [0.2, 0.25) is 0 Å². The number of ether oxygens (including phenoxy) is 1. The normalized spacial score (nSPS) is 14.4. The van der Waals surface area contributed by atoms with Gasteiger partial charge >= 0.3 is 5.97 Å². The van der Waals surface area contributed by atoms with Gasteiger partial charge in [0.1, 0.15) is 5.82 Å². The molecule has 0 bridgehead atoms. The van der Waals surface area contributed by atoms with Crippen LogP contribution in [0.15, 0.2) is 30.5 Å². The van der Waals surface area contributed by atoms with Crippen molar-refractivity contribution in [2.45, 2.75) is 31.7 Å². The molecule has 1 saturated carbocycles. The zero-order chi connectivity index (χ0) is 17.8. The molecule has 1 aliphatic carbocycles. The van der Waals surface area contributed by atoms with Gasteiger partial charge in [-0.2, -0.15) is 5.10 Å². The van der Waals surface area contributed by atoms with E-state index in [1.54, 1.807) is 12.3 Å². The molecule has 0 aliphatic heterocycles. The van der Waals surface area contributed by atoms with Crippen LogP contribution in [0.3, 0.4) is 0 Å². The molecule has 7 nitrogen and oxygen atoms in total. The topological polar surface area (TPSA) is 99.2 Å². The molecule has 0 radical (unpaired) electrons. The van der Waals surface area contributed by atoms with Gasteiger partial charge in [-0.15, -0.1) is 0 Å².